The summed E-state index contributed by atoms with van der Waals surface area (Å²) in [6.45, 7) is 5.70. The number of benzene rings is 1. The van der Waals surface area contributed by atoms with Crippen LogP contribution in [0.4, 0.5) is 0 Å². The Labute approximate surface area is 118 Å². The fraction of sp³-hybridized carbons (Fsp3) is 0.500. The zero-order valence-electron chi connectivity index (χ0n) is 11.8. The lowest BCUT2D eigenvalue weighted by molar-refractivity contribution is 0.174. The van der Waals surface area contributed by atoms with E-state index in [1.807, 2.05) is 32.0 Å². The first-order valence-electron chi connectivity index (χ1n) is 6.60. The van der Waals surface area contributed by atoms with Crippen LogP contribution in [0.2, 0.25) is 0 Å². The van der Waals surface area contributed by atoms with E-state index in [4.69, 9.17) is 20.4 Å². The van der Waals surface area contributed by atoms with E-state index in [-0.39, 0.29) is 11.3 Å². The molecule has 0 saturated heterocycles. The van der Waals surface area contributed by atoms with Crippen LogP contribution in [-0.2, 0) is 6.54 Å². The van der Waals surface area contributed by atoms with Crippen LogP contribution in [0.15, 0.2) is 23.4 Å². The molecule has 2 rings (SSSR count). The number of fused-ring (bicyclic) bond motifs is 1. The van der Waals surface area contributed by atoms with Gasteiger partial charge in [0.05, 0.1) is 0 Å². The molecule has 1 aliphatic rings. The van der Waals surface area contributed by atoms with Crippen LogP contribution >= 0.6 is 0 Å². The lowest BCUT2D eigenvalue weighted by atomic mass is 9.88. The minimum atomic E-state index is -0.323. The van der Waals surface area contributed by atoms with Gasteiger partial charge in [-0.15, -0.1) is 0 Å². The van der Waals surface area contributed by atoms with Gasteiger partial charge in [-0.25, -0.2) is 0 Å². The molecule has 110 valence electrons. The van der Waals surface area contributed by atoms with Crippen LogP contribution in [0.25, 0.3) is 0 Å². The molecule has 0 unspecified atom stereocenters. The highest BCUT2D eigenvalue weighted by Gasteiger charge is 2.22. The van der Waals surface area contributed by atoms with Crippen LogP contribution in [0.1, 0.15) is 25.8 Å². The minimum absolute atomic E-state index is 0.252. The molecule has 1 heterocycles. The van der Waals surface area contributed by atoms with Gasteiger partial charge in [0.2, 0.25) is 6.79 Å². The zero-order valence-corrected chi connectivity index (χ0v) is 11.8. The van der Waals surface area contributed by atoms with Crippen molar-refractivity contribution in [2.24, 2.45) is 16.3 Å². The molecule has 0 spiro atoms. The number of ether oxygens (including phenoxy) is 2. The maximum absolute atomic E-state index is 8.71. The van der Waals surface area contributed by atoms with Crippen molar-refractivity contribution in [1.82, 2.24) is 5.32 Å². The van der Waals surface area contributed by atoms with Gasteiger partial charge in [-0.2, -0.15) is 0 Å². The van der Waals surface area contributed by atoms with Gasteiger partial charge in [0, 0.05) is 12.0 Å². The van der Waals surface area contributed by atoms with Gasteiger partial charge >= 0.3 is 0 Å². The second-order valence-electron chi connectivity index (χ2n) is 5.48. The number of hydrogen-bond donors (Lipinski definition) is 3. The van der Waals surface area contributed by atoms with E-state index in [9.17, 15) is 0 Å². The van der Waals surface area contributed by atoms with E-state index in [1.165, 1.54) is 0 Å². The van der Waals surface area contributed by atoms with Crippen molar-refractivity contribution in [2.45, 2.75) is 26.8 Å². The molecule has 1 aromatic carbocycles. The quantitative estimate of drug-likeness (QED) is 0.242. The first-order chi connectivity index (χ1) is 9.53. The van der Waals surface area contributed by atoms with Gasteiger partial charge in [-0.1, -0.05) is 25.1 Å². The number of rotatable bonds is 6. The molecule has 0 radical (unpaired) electrons. The Morgan fingerprint density at radius 2 is 2.15 bits per heavy atom. The molecule has 1 aromatic rings. The molecular weight excluding hydrogens is 258 g/mol. The summed E-state index contributed by atoms with van der Waals surface area (Å²) < 4.78 is 10.6. The van der Waals surface area contributed by atoms with E-state index in [1.54, 1.807) is 0 Å². The molecular formula is C14H21N3O3. The predicted octanol–water partition coefficient (Wildman–Crippen LogP) is 1.67. The molecule has 0 bridgehead atoms. The maximum atomic E-state index is 8.71. The summed E-state index contributed by atoms with van der Waals surface area (Å²) in [5.41, 5.74) is 6.46. The Hall–Kier alpha value is -1.95. The van der Waals surface area contributed by atoms with Crippen molar-refractivity contribution in [3.63, 3.8) is 0 Å². The molecule has 0 aliphatic carbocycles. The third-order valence-corrected chi connectivity index (χ3v) is 3.49. The number of nitrogens with one attached hydrogen (secondary N) is 1. The van der Waals surface area contributed by atoms with Gasteiger partial charge in [0.1, 0.15) is 5.84 Å². The van der Waals surface area contributed by atoms with Crippen molar-refractivity contribution >= 4 is 5.84 Å². The number of nitrogens with two attached hydrogens (primary N) is 1. The standard InChI is InChI=1S/C14H21N3O3/c1-14(2,13(15)17-18)5-6-16-8-10-3-4-11-12(7-10)20-9-19-11/h3-4,7,16,18H,5-6,8-9H2,1-2H3,(H2,15,17). The average molecular weight is 279 g/mol. The molecule has 0 aromatic heterocycles. The monoisotopic (exact) mass is 279 g/mol. The Morgan fingerprint density at radius 3 is 2.90 bits per heavy atom. The highest BCUT2D eigenvalue weighted by Crippen LogP contribution is 2.32. The molecule has 0 saturated carbocycles. The lowest BCUT2D eigenvalue weighted by Gasteiger charge is -2.22. The van der Waals surface area contributed by atoms with Gasteiger partial charge in [-0.3, -0.25) is 0 Å². The van der Waals surface area contributed by atoms with Crippen molar-refractivity contribution in [2.75, 3.05) is 13.3 Å². The highest BCUT2D eigenvalue weighted by molar-refractivity contribution is 5.85. The molecule has 0 atom stereocenters. The third-order valence-electron chi connectivity index (χ3n) is 3.49. The molecule has 4 N–H and O–H groups in total. The SMILES string of the molecule is CC(C)(CCNCc1ccc2c(c1)OCO2)C(N)=NO. The molecule has 0 amide bonds. The lowest BCUT2D eigenvalue weighted by Crippen LogP contribution is -2.34. The van der Waals surface area contributed by atoms with Gasteiger partial charge in [-0.05, 0) is 30.7 Å². The summed E-state index contributed by atoms with van der Waals surface area (Å²) in [7, 11) is 0. The summed E-state index contributed by atoms with van der Waals surface area (Å²) in [5.74, 6) is 1.84. The van der Waals surface area contributed by atoms with Crippen molar-refractivity contribution in [3.05, 3.63) is 23.8 Å². The zero-order chi connectivity index (χ0) is 14.6. The average Bonchev–Trinajstić information content (AvgIpc) is 2.90. The molecule has 6 nitrogen and oxygen atoms in total. The summed E-state index contributed by atoms with van der Waals surface area (Å²) in [5, 5.41) is 15.1. The number of nitrogens with zero attached hydrogens (tertiary/aromatic N) is 1. The third kappa shape index (κ3) is 3.33. The first kappa shape index (κ1) is 14.5. The van der Waals surface area contributed by atoms with E-state index in [0.29, 0.717) is 6.79 Å². The van der Waals surface area contributed by atoms with Crippen LogP contribution in [0, 0.1) is 5.41 Å². The number of hydrogen-bond acceptors (Lipinski definition) is 5. The topological polar surface area (TPSA) is 89.1 Å². The molecule has 20 heavy (non-hydrogen) atoms. The summed E-state index contributed by atoms with van der Waals surface area (Å²) >= 11 is 0. The molecule has 1 aliphatic heterocycles. The first-order valence-corrected chi connectivity index (χ1v) is 6.60. The van der Waals surface area contributed by atoms with Crippen LogP contribution in [0.3, 0.4) is 0 Å². The summed E-state index contributed by atoms with van der Waals surface area (Å²) in [4.78, 5) is 0. The van der Waals surface area contributed by atoms with Crippen LogP contribution < -0.4 is 20.5 Å². The molecule has 0 fully saturated rings. The predicted molar refractivity (Wildman–Crippen MR) is 76.1 cm³/mol. The van der Waals surface area contributed by atoms with Crippen LogP contribution in [-0.4, -0.2) is 24.4 Å². The number of amidine groups is 1. The van der Waals surface area contributed by atoms with Crippen LogP contribution in [0.5, 0.6) is 11.5 Å². The normalized spacial score (nSPS) is 14.6. The Morgan fingerprint density at radius 1 is 1.40 bits per heavy atom. The smallest absolute Gasteiger partial charge is 0.231 e. The van der Waals surface area contributed by atoms with E-state index in [0.717, 1.165) is 36.6 Å². The van der Waals surface area contributed by atoms with E-state index < -0.39 is 0 Å². The summed E-state index contributed by atoms with van der Waals surface area (Å²) in [6.07, 6.45) is 0.785. The fourth-order valence-electron chi connectivity index (χ4n) is 1.95. The summed E-state index contributed by atoms with van der Waals surface area (Å²) in [6, 6.07) is 5.90. The molecule has 6 heteroatoms. The van der Waals surface area contributed by atoms with E-state index >= 15 is 0 Å². The van der Waals surface area contributed by atoms with Crippen molar-refractivity contribution < 1.29 is 14.7 Å². The van der Waals surface area contributed by atoms with E-state index in [2.05, 4.69) is 10.5 Å². The Bertz CT molecular complexity index is 500. The fourth-order valence-corrected chi connectivity index (χ4v) is 1.95. The second-order valence-corrected chi connectivity index (χ2v) is 5.48. The van der Waals surface area contributed by atoms with Crippen molar-refractivity contribution in [3.8, 4) is 11.5 Å². The maximum Gasteiger partial charge on any atom is 0.231 e. The highest BCUT2D eigenvalue weighted by atomic mass is 16.7. The second kappa shape index (κ2) is 6.00. The van der Waals surface area contributed by atoms with Gasteiger partial charge < -0.3 is 25.7 Å². The van der Waals surface area contributed by atoms with Crippen molar-refractivity contribution in [1.29, 1.82) is 0 Å². The Balaban J connectivity index is 1.79. The minimum Gasteiger partial charge on any atom is -0.454 e. The largest absolute Gasteiger partial charge is 0.454 e. The van der Waals surface area contributed by atoms with Gasteiger partial charge in [0.25, 0.3) is 0 Å². The number of oxime groups is 1. The Kier molecular flexibility index (Phi) is 4.34. The van der Waals surface area contributed by atoms with Gasteiger partial charge in [0.15, 0.2) is 11.5 Å².